The number of carboxylic acid groups (broad SMARTS) is 1. The zero-order valence-electron chi connectivity index (χ0n) is 15.1. The Morgan fingerprint density at radius 1 is 1.19 bits per heavy atom. The molecule has 1 aromatic heterocycles. The number of aliphatic carboxylic acids is 1. The lowest BCUT2D eigenvalue weighted by molar-refractivity contribution is -0.140. The van der Waals surface area contributed by atoms with Gasteiger partial charge in [-0.25, -0.2) is 14.6 Å². The lowest BCUT2D eigenvalue weighted by atomic mass is 9.99. The van der Waals surface area contributed by atoms with Gasteiger partial charge in [0.2, 0.25) is 5.89 Å². The third-order valence-electron chi connectivity index (χ3n) is 4.43. The molecule has 0 radical (unpaired) electrons. The summed E-state index contributed by atoms with van der Waals surface area (Å²) in [6, 6.07) is 13.0. The summed E-state index contributed by atoms with van der Waals surface area (Å²) in [4.78, 5) is 28.0. The monoisotopic (exact) mass is 367 g/mol. The topological polar surface area (TPSA) is 104 Å². The van der Waals surface area contributed by atoms with Crippen LogP contribution in [0.3, 0.4) is 0 Å². The summed E-state index contributed by atoms with van der Waals surface area (Å²) in [7, 11) is 0. The molecule has 0 spiro atoms. The SMILES string of the molecule is CCC(C)C(NC(=O)Nc1cccc(-c2nc3ccccc3o2)c1)C(=O)O. The summed E-state index contributed by atoms with van der Waals surface area (Å²) in [6.07, 6.45) is 0.643. The number of fused-ring (bicyclic) bond motifs is 1. The molecule has 3 aromatic rings. The van der Waals surface area contributed by atoms with Gasteiger partial charge in [0, 0.05) is 11.3 Å². The maximum absolute atomic E-state index is 12.2. The Balaban J connectivity index is 1.75. The Kier molecular flexibility index (Phi) is 5.40. The van der Waals surface area contributed by atoms with Gasteiger partial charge in [-0.2, -0.15) is 0 Å². The van der Waals surface area contributed by atoms with E-state index < -0.39 is 18.0 Å². The van der Waals surface area contributed by atoms with Crippen molar-refractivity contribution in [1.82, 2.24) is 10.3 Å². The summed E-state index contributed by atoms with van der Waals surface area (Å²) in [5.74, 6) is -0.790. The summed E-state index contributed by atoms with van der Waals surface area (Å²) in [6.45, 7) is 3.66. The molecule has 0 aliphatic heterocycles. The molecule has 3 N–H and O–H groups in total. The van der Waals surface area contributed by atoms with Gasteiger partial charge >= 0.3 is 12.0 Å². The van der Waals surface area contributed by atoms with Crippen LogP contribution >= 0.6 is 0 Å². The molecule has 7 heteroatoms. The van der Waals surface area contributed by atoms with Crippen LogP contribution in [0.25, 0.3) is 22.6 Å². The van der Waals surface area contributed by atoms with Crippen molar-refractivity contribution < 1.29 is 19.1 Å². The van der Waals surface area contributed by atoms with Crippen molar-refractivity contribution in [3.05, 3.63) is 48.5 Å². The molecular weight excluding hydrogens is 346 g/mol. The number of rotatable bonds is 6. The summed E-state index contributed by atoms with van der Waals surface area (Å²) in [5, 5.41) is 14.5. The zero-order chi connectivity index (χ0) is 19.4. The average Bonchev–Trinajstić information content (AvgIpc) is 3.10. The second-order valence-corrected chi connectivity index (χ2v) is 6.37. The van der Waals surface area contributed by atoms with Crippen molar-refractivity contribution in [1.29, 1.82) is 0 Å². The first-order valence-electron chi connectivity index (χ1n) is 8.74. The van der Waals surface area contributed by atoms with Crippen LogP contribution in [0, 0.1) is 5.92 Å². The first-order valence-corrected chi connectivity index (χ1v) is 8.74. The number of carbonyl (C=O) groups excluding carboxylic acids is 1. The smallest absolute Gasteiger partial charge is 0.326 e. The van der Waals surface area contributed by atoms with E-state index in [1.54, 1.807) is 25.1 Å². The number of nitrogens with one attached hydrogen (secondary N) is 2. The van der Waals surface area contributed by atoms with Crippen LogP contribution in [0.1, 0.15) is 20.3 Å². The quantitative estimate of drug-likeness (QED) is 0.608. The molecule has 140 valence electrons. The van der Waals surface area contributed by atoms with Crippen LogP contribution in [-0.2, 0) is 4.79 Å². The highest BCUT2D eigenvalue weighted by molar-refractivity contribution is 5.93. The number of carboxylic acids is 1. The maximum Gasteiger partial charge on any atom is 0.326 e. The van der Waals surface area contributed by atoms with E-state index in [1.165, 1.54) is 0 Å². The largest absolute Gasteiger partial charge is 0.480 e. The van der Waals surface area contributed by atoms with Gasteiger partial charge in [0.05, 0.1) is 0 Å². The molecule has 3 rings (SSSR count). The number of benzene rings is 2. The van der Waals surface area contributed by atoms with Crippen LogP contribution in [0.4, 0.5) is 10.5 Å². The highest BCUT2D eigenvalue weighted by Crippen LogP contribution is 2.26. The van der Waals surface area contributed by atoms with Gasteiger partial charge in [-0.1, -0.05) is 38.5 Å². The van der Waals surface area contributed by atoms with Gasteiger partial charge in [-0.3, -0.25) is 0 Å². The third-order valence-corrected chi connectivity index (χ3v) is 4.43. The third kappa shape index (κ3) is 4.25. The molecule has 0 aliphatic rings. The van der Waals surface area contributed by atoms with E-state index in [-0.39, 0.29) is 5.92 Å². The van der Waals surface area contributed by atoms with Crippen LogP contribution in [0.2, 0.25) is 0 Å². The zero-order valence-corrected chi connectivity index (χ0v) is 15.1. The summed E-state index contributed by atoms with van der Waals surface area (Å²) < 4.78 is 5.74. The minimum Gasteiger partial charge on any atom is -0.480 e. The van der Waals surface area contributed by atoms with Crippen molar-refractivity contribution in [3.63, 3.8) is 0 Å². The Labute approximate surface area is 156 Å². The first kappa shape index (κ1) is 18.4. The van der Waals surface area contributed by atoms with Crippen LogP contribution < -0.4 is 10.6 Å². The Hall–Kier alpha value is -3.35. The van der Waals surface area contributed by atoms with E-state index in [1.807, 2.05) is 37.3 Å². The van der Waals surface area contributed by atoms with Gasteiger partial charge < -0.3 is 20.2 Å². The fourth-order valence-corrected chi connectivity index (χ4v) is 2.72. The van der Waals surface area contributed by atoms with E-state index in [2.05, 4.69) is 15.6 Å². The minimum absolute atomic E-state index is 0.181. The Morgan fingerprint density at radius 2 is 1.96 bits per heavy atom. The predicted molar refractivity (Wildman–Crippen MR) is 102 cm³/mol. The summed E-state index contributed by atoms with van der Waals surface area (Å²) in [5.41, 5.74) is 2.66. The molecule has 27 heavy (non-hydrogen) atoms. The molecule has 2 unspecified atom stereocenters. The van der Waals surface area contributed by atoms with E-state index in [0.29, 0.717) is 29.1 Å². The number of nitrogens with zero attached hydrogens (tertiary/aromatic N) is 1. The fourth-order valence-electron chi connectivity index (χ4n) is 2.72. The Bertz CT molecular complexity index is 934. The number of hydrogen-bond donors (Lipinski definition) is 3. The first-order chi connectivity index (χ1) is 13.0. The number of para-hydroxylation sites is 2. The molecule has 7 nitrogen and oxygen atoms in total. The molecule has 2 atom stereocenters. The highest BCUT2D eigenvalue weighted by atomic mass is 16.4. The van der Waals surface area contributed by atoms with Crippen molar-refractivity contribution in [2.45, 2.75) is 26.3 Å². The molecule has 0 bridgehead atoms. The molecule has 2 amide bonds. The minimum atomic E-state index is -1.06. The molecule has 1 heterocycles. The van der Waals surface area contributed by atoms with Crippen molar-refractivity contribution in [2.24, 2.45) is 5.92 Å². The lowest BCUT2D eigenvalue weighted by Crippen LogP contribution is -2.46. The predicted octanol–water partition coefficient (Wildman–Crippen LogP) is 4.12. The van der Waals surface area contributed by atoms with Gasteiger partial charge in [0.1, 0.15) is 11.6 Å². The molecule has 0 aliphatic carbocycles. The number of oxazole rings is 1. The average molecular weight is 367 g/mol. The molecular formula is C20H21N3O4. The number of carbonyl (C=O) groups is 2. The second-order valence-electron chi connectivity index (χ2n) is 6.37. The van der Waals surface area contributed by atoms with E-state index in [0.717, 1.165) is 5.52 Å². The molecule has 0 saturated carbocycles. The lowest BCUT2D eigenvalue weighted by Gasteiger charge is -2.20. The van der Waals surface area contributed by atoms with Crippen LogP contribution in [-0.4, -0.2) is 28.1 Å². The van der Waals surface area contributed by atoms with Gasteiger partial charge in [-0.15, -0.1) is 0 Å². The molecule has 2 aromatic carbocycles. The van der Waals surface area contributed by atoms with Crippen LogP contribution in [0.15, 0.2) is 52.9 Å². The second kappa shape index (κ2) is 7.90. The van der Waals surface area contributed by atoms with E-state index in [4.69, 9.17) is 4.42 Å². The van der Waals surface area contributed by atoms with Crippen molar-refractivity contribution in [3.8, 4) is 11.5 Å². The van der Waals surface area contributed by atoms with Crippen molar-refractivity contribution in [2.75, 3.05) is 5.32 Å². The number of hydrogen-bond acceptors (Lipinski definition) is 4. The molecule has 0 saturated heterocycles. The molecule has 0 fully saturated rings. The maximum atomic E-state index is 12.2. The van der Waals surface area contributed by atoms with Gasteiger partial charge in [0.15, 0.2) is 5.58 Å². The van der Waals surface area contributed by atoms with Crippen LogP contribution in [0.5, 0.6) is 0 Å². The van der Waals surface area contributed by atoms with Gasteiger partial charge in [-0.05, 0) is 36.2 Å². The Morgan fingerprint density at radius 3 is 2.67 bits per heavy atom. The normalized spacial score (nSPS) is 13.1. The fraction of sp³-hybridized carbons (Fsp3) is 0.250. The number of aromatic nitrogens is 1. The number of amides is 2. The number of anilines is 1. The highest BCUT2D eigenvalue weighted by Gasteiger charge is 2.25. The van der Waals surface area contributed by atoms with Crippen molar-refractivity contribution >= 4 is 28.8 Å². The number of urea groups is 1. The van der Waals surface area contributed by atoms with E-state index in [9.17, 15) is 14.7 Å². The summed E-state index contributed by atoms with van der Waals surface area (Å²) >= 11 is 0. The standard InChI is InChI=1S/C20H21N3O4/c1-3-12(2)17(19(24)25)23-20(26)21-14-8-6-7-13(11-14)18-22-15-9-4-5-10-16(15)27-18/h4-12,17H,3H2,1-2H3,(H,24,25)(H2,21,23,26). The van der Waals surface area contributed by atoms with E-state index >= 15 is 0 Å². The van der Waals surface area contributed by atoms with Gasteiger partial charge in [0.25, 0.3) is 0 Å².